The molecule has 0 amide bonds. The molecule has 0 aliphatic carbocycles. The van der Waals surface area contributed by atoms with Crippen LogP contribution in [0.25, 0.3) is 0 Å². The zero-order valence-corrected chi connectivity index (χ0v) is 7.67. The van der Waals surface area contributed by atoms with Gasteiger partial charge in [0.05, 0.1) is 10.7 Å². The molecule has 66 valence electrons. The summed E-state index contributed by atoms with van der Waals surface area (Å²) in [4.78, 5) is 0. The van der Waals surface area contributed by atoms with E-state index in [1.807, 2.05) is 13.0 Å². The molecule has 1 aromatic carbocycles. The average molecular weight is 186 g/mol. The van der Waals surface area contributed by atoms with Crippen molar-refractivity contribution in [3.8, 4) is 0 Å². The number of aliphatic hydroxyl groups excluding tert-OH is 1. The standard InChI is InChI=1S/C9H12ClNO/c1-6(5-12)7-2-3-8(10)9(11)4-7/h2-4,6,12H,5,11H2,1H3. The first-order chi connectivity index (χ1) is 5.65. The molecule has 0 aliphatic heterocycles. The number of halogens is 1. The normalized spacial score (nSPS) is 12.9. The van der Waals surface area contributed by atoms with Crippen molar-refractivity contribution in [2.45, 2.75) is 12.8 Å². The van der Waals surface area contributed by atoms with Crippen LogP contribution in [0.4, 0.5) is 5.69 Å². The highest BCUT2D eigenvalue weighted by Gasteiger charge is 2.04. The molecule has 0 bridgehead atoms. The van der Waals surface area contributed by atoms with Crippen LogP contribution in [0, 0.1) is 0 Å². The molecule has 1 unspecified atom stereocenters. The molecule has 0 saturated carbocycles. The second-order valence-electron chi connectivity index (χ2n) is 2.86. The van der Waals surface area contributed by atoms with Crippen molar-refractivity contribution < 1.29 is 5.11 Å². The molecule has 2 nitrogen and oxygen atoms in total. The molecular formula is C9H12ClNO. The molecule has 0 saturated heterocycles. The van der Waals surface area contributed by atoms with Crippen LogP contribution in [0.1, 0.15) is 18.4 Å². The van der Waals surface area contributed by atoms with E-state index in [1.54, 1.807) is 12.1 Å². The Balaban J connectivity index is 2.96. The van der Waals surface area contributed by atoms with Gasteiger partial charge < -0.3 is 10.8 Å². The first-order valence-corrected chi connectivity index (χ1v) is 4.18. The zero-order valence-electron chi connectivity index (χ0n) is 6.92. The Morgan fingerprint density at radius 1 is 1.58 bits per heavy atom. The summed E-state index contributed by atoms with van der Waals surface area (Å²) in [6.45, 7) is 2.06. The van der Waals surface area contributed by atoms with Crippen molar-refractivity contribution in [2.75, 3.05) is 12.3 Å². The zero-order chi connectivity index (χ0) is 9.14. The van der Waals surface area contributed by atoms with Crippen molar-refractivity contribution >= 4 is 17.3 Å². The van der Waals surface area contributed by atoms with Gasteiger partial charge in [0.1, 0.15) is 0 Å². The lowest BCUT2D eigenvalue weighted by Crippen LogP contribution is -1.99. The number of hydrogen-bond acceptors (Lipinski definition) is 2. The molecular weight excluding hydrogens is 174 g/mol. The number of rotatable bonds is 2. The number of hydrogen-bond donors (Lipinski definition) is 2. The summed E-state index contributed by atoms with van der Waals surface area (Å²) >= 11 is 5.74. The van der Waals surface area contributed by atoms with Crippen molar-refractivity contribution in [2.24, 2.45) is 0 Å². The minimum absolute atomic E-state index is 0.115. The van der Waals surface area contributed by atoms with Crippen molar-refractivity contribution in [3.63, 3.8) is 0 Å². The topological polar surface area (TPSA) is 46.2 Å². The van der Waals surface area contributed by atoms with Gasteiger partial charge in [0, 0.05) is 12.5 Å². The lowest BCUT2D eigenvalue weighted by atomic mass is 10.0. The van der Waals surface area contributed by atoms with E-state index in [4.69, 9.17) is 22.4 Å². The van der Waals surface area contributed by atoms with Gasteiger partial charge >= 0.3 is 0 Å². The van der Waals surface area contributed by atoms with E-state index in [9.17, 15) is 0 Å². The third kappa shape index (κ3) is 1.90. The van der Waals surface area contributed by atoms with Gasteiger partial charge in [-0.3, -0.25) is 0 Å². The molecule has 0 fully saturated rings. The van der Waals surface area contributed by atoms with Crippen LogP contribution in [0.2, 0.25) is 5.02 Å². The molecule has 1 atom stereocenters. The van der Waals surface area contributed by atoms with Crippen LogP contribution < -0.4 is 5.73 Å². The van der Waals surface area contributed by atoms with Gasteiger partial charge in [0.2, 0.25) is 0 Å². The van der Waals surface area contributed by atoms with Crippen molar-refractivity contribution in [1.82, 2.24) is 0 Å². The number of nitrogen functional groups attached to an aromatic ring is 1. The van der Waals surface area contributed by atoms with Crippen LogP contribution in [0.5, 0.6) is 0 Å². The van der Waals surface area contributed by atoms with Crippen LogP contribution >= 0.6 is 11.6 Å². The Morgan fingerprint density at radius 2 is 2.25 bits per heavy atom. The molecule has 3 N–H and O–H groups in total. The van der Waals surface area contributed by atoms with Gasteiger partial charge in [0.25, 0.3) is 0 Å². The Hall–Kier alpha value is -0.730. The number of aliphatic hydroxyl groups is 1. The van der Waals surface area contributed by atoms with Gasteiger partial charge in [0.15, 0.2) is 0 Å². The lowest BCUT2D eigenvalue weighted by molar-refractivity contribution is 0.273. The second kappa shape index (κ2) is 3.78. The first-order valence-electron chi connectivity index (χ1n) is 3.81. The fourth-order valence-corrected chi connectivity index (χ4v) is 1.09. The maximum absolute atomic E-state index is 8.87. The third-order valence-corrected chi connectivity index (χ3v) is 2.21. The number of nitrogens with two attached hydrogens (primary N) is 1. The van der Waals surface area contributed by atoms with Crippen molar-refractivity contribution in [3.05, 3.63) is 28.8 Å². The largest absolute Gasteiger partial charge is 0.398 e. The number of benzene rings is 1. The Labute approximate surface area is 77.0 Å². The van der Waals surface area contributed by atoms with E-state index in [2.05, 4.69) is 0 Å². The minimum atomic E-state index is 0.115. The fraction of sp³-hybridized carbons (Fsp3) is 0.333. The summed E-state index contributed by atoms with van der Waals surface area (Å²) in [5.74, 6) is 0.115. The van der Waals surface area contributed by atoms with E-state index in [0.717, 1.165) is 5.56 Å². The Morgan fingerprint density at radius 3 is 2.75 bits per heavy atom. The Bertz CT molecular complexity index is 275. The van der Waals surface area contributed by atoms with Gasteiger partial charge in [-0.25, -0.2) is 0 Å². The monoisotopic (exact) mass is 185 g/mol. The molecule has 1 rings (SSSR count). The molecule has 3 heteroatoms. The summed E-state index contributed by atoms with van der Waals surface area (Å²) in [6, 6.07) is 5.42. The van der Waals surface area contributed by atoms with Crippen LogP contribution in [-0.2, 0) is 0 Å². The molecule has 0 aliphatic rings. The maximum atomic E-state index is 8.87. The molecule has 0 aromatic heterocycles. The highest BCUT2D eigenvalue weighted by atomic mass is 35.5. The van der Waals surface area contributed by atoms with Crippen LogP contribution in [0.3, 0.4) is 0 Å². The van der Waals surface area contributed by atoms with Gasteiger partial charge in [-0.2, -0.15) is 0 Å². The van der Waals surface area contributed by atoms with E-state index in [1.165, 1.54) is 0 Å². The van der Waals surface area contributed by atoms with Gasteiger partial charge in [-0.15, -0.1) is 0 Å². The minimum Gasteiger partial charge on any atom is -0.398 e. The predicted molar refractivity (Wildman–Crippen MR) is 51.4 cm³/mol. The quantitative estimate of drug-likeness (QED) is 0.693. The summed E-state index contributed by atoms with van der Waals surface area (Å²) in [5.41, 5.74) is 7.18. The van der Waals surface area contributed by atoms with E-state index in [-0.39, 0.29) is 12.5 Å². The summed E-state index contributed by atoms with van der Waals surface area (Å²) in [6.07, 6.45) is 0. The fourth-order valence-electron chi connectivity index (χ4n) is 0.974. The Kier molecular flexibility index (Phi) is 2.95. The van der Waals surface area contributed by atoms with E-state index in [0.29, 0.717) is 10.7 Å². The van der Waals surface area contributed by atoms with Gasteiger partial charge in [-0.1, -0.05) is 24.6 Å². The summed E-state index contributed by atoms with van der Waals surface area (Å²) in [5, 5.41) is 9.43. The van der Waals surface area contributed by atoms with E-state index >= 15 is 0 Å². The van der Waals surface area contributed by atoms with Gasteiger partial charge in [-0.05, 0) is 17.7 Å². The molecule has 0 radical (unpaired) electrons. The lowest BCUT2D eigenvalue weighted by Gasteiger charge is -2.09. The highest BCUT2D eigenvalue weighted by molar-refractivity contribution is 6.33. The molecule has 1 aromatic rings. The molecule has 0 spiro atoms. The highest BCUT2D eigenvalue weighted by Crippen LogP contribution is 2.23. The summed E-state index contributed by atoms with van der Waals surface area (Å²) < 4.78 is 0. The summed E-state index contributed by atoms with van der Waals surface area (Å²) in [7, 11) is 0. The molecule has 0 heterocycles. The maximum Gasteiger partial charge on any atom is 0.0635 e. The average Bonchev–Trinajstić information content (AvgIpc) is 2.08. The predicted octanol–water partition coefficient (Wildman–Crippen LogP) is 2.02. The smallest absolute Gasteiger partial charge is 0.0635 e. The van der Waals surface area contributed by atoms with Crippen LogP contribution in [-0.4, -0.2) is 11.7 Å². The van der Waals surface area contributed by atoms with Crippen LogP contribution in [0.15, 0.2) is 18.2 Å². The second-order valence-corrected chi connectivity index (χ2v) is 3.27. The SMILES string of the molecule is CC(CO)c1ccc(Cl)c(N)c1. The molecule has 12 heavy (non-hydrogen) atoms. The first kappa shape index (κ1) is 9.36. The third-order valence-electron chi connectivity index (χ3n) is 1.86. The van der Waals surface area contributed by atoms with E-state index < -0.39 is 0 Å². The number of anilines is 1. The van der Waals surface area contributed by atoms with Crippen molar-refractivity contribution in [1.29, 1.82) is 0 Å².